The lowest BCUT2D eigenvalue weighted by Crippen LogP contribution is -2.32. The van der Waals surface area contributed by atoms with E-state index in [-0.39, 0.29) is 11.8 Å². The second-order valence-electron chi connectivity index (χ2n) is 6.90. The lowest BCUT2D eigenvalue weighted by Gasteiger charge is -2.16. The molecule has 2 amide bonds. The second kappa shape index (κ2) is 7.97. The van der Waals surface area contributed by atoms with E-state index in [9.17, 15) is 9.59 Å². The van der Waals surface area contributed by atoms with Gasteiger partial charge in [0.15, 0.2) is 0 Å². The SMILES string of the molecule is Cc1cc(C)cc(N2C(=O)C(Nc3ccccc3)=C(Sc3ccccc3)C2=O)c1. The summed E-state index contributed by atoms with van der Waals surface area (Å²) in [6, 6.07) is 24.8. The predicted octanol–water partition coefficient (Wildman–Crippen LogP) is 5.29. The van der Waals surface area contributed by atoms with Crippen LogP contribution in [0.1, 0.15) is 11.1 Å². The van der Waals surface area contributed by atoms with Crippen LogP contribution in [-0.2, 0) is 9.59 Å². The quantitative estimate of drug-likeness (QED) is 0.591. The third-order valence-corrected chi connectivity index (χ3v) is 5.60. The number of imide groups is 1. The number of carbonyl (C=O) groups is 2. The summed E-state index contributed by atoms with van der Waals surface area (Å²) in [6.07, 6.45) is 0. The van der Waals surface area contributed by atoms with E-state index in [4.69, 9.17) is 0 Å². The van der Waals surface area contributed by atoms with Crippen molar-refractivity contribution in [3.05, 3.63) is 101 Å². The summed E-state index contributed by atoms with van der Waals surface area (Å²) in [5.74, 6) is -0.658. The highest BCUT2D eigenvalue weighted by molar-refractivity contribution is 8.04. The molecule has 0 atom stereocenters. The first-order valence-electron chi connectivity index (χ1n) is 9.29. The number of thioether (sulfide) groups is 1. The van der Waals surface area contributed by atoms with Gasteiger partial charge in [0.25, 0.3) is 11.8 Å². The van der Waals surface area contributed by atoms with E-state index in [1.165, 1.54) is 16.7 Å². The molecule has 3 aromatic carbocycles. The molecule has 1 heterocycles. The van der Waals surface area contributed by atoms with Gasteiger partial charge in [0.05, 0.1) is 5.69 Å². The maximum atomic E-state index is 13.3. The van der Waals surface area contributed by atoms with Crippen molar-refractivity contribution >= 4 is 35.0 Å². The minimum absolute atomic E-state index is 0.300. The van der Waals surface area contributed by atoms with Crippen molar-refractivity contribution in [1.29, 1.82) is 0 Å². The smallest absolute Gasteiger partial charge is 0.283 e. The molecule has 1 aliphatic heterocycles. The Balaban J connectivity index is 1.76. The number of nitrogens with zero attached hydrogens (tertiary/aromatic N) is 1. The number of amides is 2. The summed E-state index contributed by atoms with van der Waals surface area (Å²) < 4.78 is 0. The summed E-state index contributed by atoms with van der Waals surface area (Å²) >= 11 is 1.30. The van der Waals surface area contributed by atoms with E-state index in [2.05, 4.69) is 5.32 Å². The van der Waals surface area contributed by atoms with Gasteiger partial charge in [0.1, 0.15) is 10.6 Å². The Labute approximate surface area is 174 Å². The van der Waals surface area contributed by atoms with Crippen molar-refractivity contribution < 1.29 is 9.59 Å². The molecule has 4 nitrogen and oxygen atoms in total. The maximum absolute atomic E-state index is 13.3. The number of hydrogen-bond acceptors (Lipinski definition) is 4. The van der Waals surface area contributed by atoms with Gasteiger partial charge in [-0.3, -0.25) is 9.59 Å². The molecule has 0 aromatic heterocycles. The Morgan fingerprint density at radius 2 is 1.34 bits per heavy atom. The number of anilines is 2. The van der Waals surface area contributed by atoms with E-state index in [1.54, 1.807) is 0 Å². The Morgan fingerprint density at radius 3 is 1.97 bits per heavy atom. The van der Waals surface area contributed by atoms with Crippen LogP contribution in [0.5, 0.6) is 0 Å². The molecule has 29 heavy (non-hydrogen) atoms. The number of benzene rings is 3. The van der Waals surface area contributed by atoms with E-state index >= 15 is 0 Å². The van der Waals surface area contributed by atoms with Crippen LogP contribution in [0.4, 0.5) is 11.4 Å². The van der Waals surface area contributed by atoms with Gasteiger partial charge >= 0.3 is 0 Å². The standard InChI is InChI=1S/C24H20N2O2S/c1-16-13-17(2)15-19(14-16)26-23(27)21(25-18-9-5-3-6-10-18)22(24(26)28)29-20-11-7-4-8-12-20/h3-15,25H,1-2H3. The third-order valence-electron chi connectivity index (χ3n) is 4.51. The van der Waals surface area contributed by atoms with Gasteiger partial charge in [-0.1, -0.05) is 54.2 Å². The number of rotatable bonds is 5. The first-order valence-corrected chi connectivity index (χ1v) is 10.1. The zero-order valence-electron chi connectivity index (χ0n) is 16.2. The monoisotopic (exact) mass is 400 g/mol. The number of nitrogens with one attached hydrogen (secondary N) is 1. The van der Waals surface area contributed by atoms with Crippen LogP contribution < -0.4 is 10.2 Å². The van der Waals surface area contributed by atoms with Crippen molar-refractivity contribution in [2.45, 2.75) is 18.7 Å². The summed E-state index contributed by atoms with van der Waals surface area (Å²) in [5, 5.41) is 3.17. The van der Waals surface area contributed by atoms with Gasteiger partial charge in [-0.05, 0) is 61.4 Å². The fourth-order valence-electron chi connectivity index (χ4n) is 3.30. The zero-order chi connectivity index (χ0) is 20.4. The third kappa shape index (κ3) is 3.96. The van der Waals surface area contributed by atoms with Crippen molar-refractivity contribution in [2.75, 3.05) is 10.2 Å². The summed E-state index contributed by atoms with van der Waals surface area (Å²) in [7, 11) is 0. The van der Waals surface area contributed by atoms with Gasteiger partial charge in [-0.2, -0.15) is 0 Å². The Morgan fingerprint density at radius 1 is 0.759 bits per heavy atom. The molecular formula is C24H20N2O2S. The van der Waals surface area contributed by atoms with Gasteiger partial charge in [-0.15, -0.1) is 0 Å². The number of carbonyl (C=O) groups excluding carboxylic acids is 2. The summed E-state index contributed by atoms with van der Waals surface area (Å²) in [5.41, 5.74) is 3.66. The Bertz CT molecular complexity index is 1020. The summed E-state index contributed by atoms with van der Waals surface area (Å²) in [6.45, 7) is 3.91. The average molecular weight is 401 g/mol. The van der Waals surface area contributed by atoms with Gasteiger partial charge in [0, 0.05) is 10.6 Å². The van der Waals surface area contributed by atoms with Crippen LogP contribution in [0.2, 0.25) is 0 Å². The zero-order valence-corrected chi connectivity index (χ0v) is 17.0. The number of hydrogen-bond donors (Lipinski definition) is 1. The van der Waals surface area contributed by atoms with Crippen molar-refractivity contribution in [2.24, 2.45) is 0 Å². The fourth-order valence-corrected chi connectivity index (χ4v) is 4.25. The molecule has 4 rings (SSSR count). The Hall–Kier alpha value is -3.31. The van der Waals surface area contributed by atoms with Gasteiger partial charge in [0.2, 0.25) is 0 Å². The van der Waals surface area contributed by atoms with E-state index in [0.29, 0.717) is 16.3 Å². The highest BCUT2D eigenvalue weighted by Gasteiger charge is 2.40. The second-order valence-corrected chi connectivity index (χ2v) is 7.99. The van der Waals surface area contributed by atoms with Crippen LogP contribution in [0.3, 0.4) is 0 Å². The van der Waals surface area contributed by atoms with E-state index in [1.807, 2.05) is 92.7 Å². The maximum Gasteiger partial charge on any atom is 0.283 e. The van der Waals surface area contributed by atoms with Crippen LogP contribution in [-0.4, -0.2) is 11.8 Å². The van der Waals surface area contributed by atoms with Crippen LogP contribution in [0, 0.1) is 13.8 Å². The predicted molar refractivity (Wildman–Crippen MR) is 118 cm³/mol. The highest BCUT2D eigenvalue weighted by atomic mass is 32.2. The average Bonchev–Trinajstić information content (AvgIpc) is 2.93. The van der Waals surface area contributed by atoms with Crippen LogP contribution >= 0.6 is 11.8 Å². The van der Waals surface area contributed by atoms with Crippen molar-refractivity contribution in [3.63, 3.8) is 0 Å². The summed E-state index contributed by atoms with van der Waals surface area (Å²) in [4.78, 5) is 29.2. The number of aryl methyl sites for hydroxylation is 2. The molecular weight excluding hydrogens is 380 g/mol. The molecule has 0 aliphatic carbocycles. The van der Waals surface area contributed by atoms with Crippen LogP contribution in [0.15, 0.2) is 94.4 Å². The molecule has 3 aromatic rings. The van der Waals surface area contributed by atoms with E-state index in [0.717, 1.165) is 21.7 Å². The fraction of sp³-hybridized carbons (Fsp3) is 0.0833. The molecule has 0 spiro atoms. The highest BCUT2D eigenvalue weighted by Crippen LogP contribution is 2.38. The van der Waals surface area contributed by atoms with Crippen molar-refractivity contribution in [1.82, 2.24) is 0 Å². The molecule has 0 saturated carbocycles. The molecule has 1 N–H and O–H groups in total. The normalized spacial score (nSPS) is 13.9. The molecule has 1 aliphatic rings. The minimum atomic E-state index is -0.345. The van der Waals surface area contributed by atoms with E-state index < -0.39 is 0 Å². The number of para-hydroxylation sites is 1. The molecule has 0 saturated heterocycles. The minimum Gasteiger partial charge on any atom is -0.350 e. The largest absolute Gasteiger partial charge is 0.350 e. The molecule has 144 valence electrons. The Kier molecular flexibility index (Phi) is 5.23. The molecule has 5 heteroatoms. The van der Waals surface area contributed by atoms with Gasteiger partial charge < -0.3 is 5.32 Å². The lowest BCUT2D eigenvalue weighted by atomic mass is 10.1. The molecule has 0 radical (unpaired) electrons. The molecule has 0 bridgehead atoms. The molecule has 0 unspecified atom stereocenters. The van der Waals surface area contributed by atoms with Crippen molar-refractivity contribution in [3.8, 4) is 0 Å². The molecule has 0 fully saturated rings. The topological polar surface area (TPSA) is 49.4 Å². The van der Waals surface area contributed by atoms with Crippen LogP contribution in [0.25, 0.3) is 0 Å². The van der Waals surface area contributed by atoms with Gasteiger partial charge in [-0.25, -0.2) is 4.90 Å². The first kappa shape index (κ1) is 19.0. The first-order chi connectivity index (χ1) is 14.0. The lowest BCUT2D eigenvalue weighted by molar-refractivity contribution is -0.120.